The number of halogens is 1. The van der Waals surface area contributed by atoms with Gasteiger partial charge in [0.15, 0.2) is 5.76 Å². The number of esters is 1. The zero-order valence-electron chi connectivity index (χ0n) is 10.9. The smallest absolute Gasteiger partial charge is 0.373 e. The van der Waals surface area contributed by atoms with Crippen LogP contribution >= 0.6 is 11.3 Å². The van der Waals surface area contributed by atoms with E-state index in [2.05, 4.69) is 4.74 Å². The number of fused-ring (bicyclic) bond motifs is 1. The van der Waals surface area contributed by atoms with E-state index >= 15 is 0 Å². The molecule has 4 nitrogen and oxygen atoms in total. The highest BCUT2D eigenvalue weighted by Crippen LogP contribution is 2.28. The second kappa shape index (κ2) is 5.14. The average Bonchev–Trinajstić information content (AvgIpc) is 3.11. The van der Waals surface area contributed by atoms with E-state index in [9.17, 15) is 14.0 Å². The summed E-state index contributed by atoms with van der Waals surface area (Å²) in [6.07, 6.45) is 0. The van der Waals surface area contributed by atoms with Gasteiger partial charge in [-0.25, -0.2) is 9.18 Å². The molecule has 0 aliphatic heterocycles. The molecule has 0 amide bonds. The van der Waals surface area contributed by atoms with Gasteiger partial charge in [-0.2, -0.15) is 0 Å². The Balaban J connectivity index is 1.96. The topological polar surface area (TPSA) is 56.5 Å². The van der Waals surface area contributed by atoms with Crippen LogP contribution in [0.4, 0.5) is 4.39 Å². The van der Waals surface area contributed by atoms with E-state index in [0.717, 1.165) is 4.70 Å². The van der Waals surface area contributed by atoms with Crippen molar-refractivity contribution < 1.29 is 23.1 Å². The van der Waals surface area contributed by atoms with Gasteiger partial charge in [-0.1, -0.05) is 0 Å². The Morgan fingerprint density at radius 1 is 1.14 bits per heavy atom. The third-order valence-electron chi connectivity index (χ3n) is 2.92. The summed E-state index contributed by atoms with van der Waals surface area (Å²) in [5.74, 6) is -1.35. The standard InChI is InChI=1S/C15H9FO4S/c1-19-15(18)11-4-3-10(20-11)14(17)13-7-8-6-9(16)2-5-12(8)21-13/h2-7H,1H3. The predicted octanol–water partition coefficient (Wildman–Crippen LogP) is 3.65. The first-order valence-electron chi connectivity index (χ1n) is 6.00. The molecule has 2 aromatic heterocycles. The lowest BCUT2D eigenvalue weighted by atomic mass is 10.2. The zero-order valence-corrected chi connectivity index (χ0v) is 11.7. The Labute approximate surface area is 122 Å². The second-order valence-electron chi connectivity index (χ2n) is 4.28. The van der Waals surface area contributed by atoms with E-state index in [1.54, 1.807) is 12.1 Å². The lowest BCUT2D eigenvalue weighted by Crippen LogP contribution is -1.99. The number of rotatable bonds is 3. The molecule has 1 aromatic carbocycles. The van der Waals surface area contributed by atoms with E-state index in [-0.39, 0.29) is 23.1 Å². The Morgan fingerprint density at radius 2 is 1.90 bits per heavy atom. The molecule has 0 bridgehead atoms. The van der Waals surface area contributed by atoms with Gasteiger partial charge in [0.25, 0.3) is 0 Å². The van der Waals surface area contributed by atoms with Crippen molar-refractivity contribution in [3.63, 3.8) is 0 Å². The number of ether oxygens (including phenoxy) is 1. The highest BCUT2D eigenvalue weighted by molar-refractivity contribution is 7.21. The summed E-state index contributed by atoms with van der Waals surface area (Å²) >= 11 is 1.24. The van der Waals surface area contributed by atoms with Gasteiger partial charge in [0, 0.05) is 4.70 Å². The number of methoxy groups -OCH3 is 1. The average molecular weight is 304 g/mol. The van der Waals surface area contributed by atoms with Crippen molar-refractivity contribution in [3.8, 4) is 0 Å². The van der Waals surface area contributed by atoms with Crippen molar-refractivity contribution in [2.45, 2.75) is 0 Å². The summed E-state index contributed by atoms with van der Waals surface area (Å²) in [5, 5.41) is 0.656. The van der Waals surface area contributed by atoms with Gasteiger partial charge < -0.3 is 9.15 Å². The van der Waals surface area contributed by atoms with Gasteiger partial charge >= 0.3 is 5.97 Å². The maximum absolute atomic E-state index is 13.2. The van der Waals surface area contributed by atoms with Crippen LogP contribution in [0.1, 0.15) is 26.0 Å². The van der Waals surface area contributed by atoms with Crippen molar-refractivity contribution in [2.24, 2.45) is 0 Å². The molecular weight excluding hydrogens is 295 g/mol. The molecule has 106 valence electrons. The second-order valence-corrected chi connectivity index (χ2v) is 5.36. The predicted molar refractivity (Wildman–Crippen MR) is 75.3 cm³/mol. The molecular formula is C15H9FO4S. The lowest BCUT2D eigenvalue weighted by molar-refractivity contribution is 0.0563. The molecule has 0 aliphatic rings. The van der Waals surface area contributed by atoms with Crippen LogP contribution in [0.2, 0.25) is 0 Å². The van der Waals surface area contributed by atoms with Gasteiger partial charge in [0.1, 0.15) is 5.82 Å². The summed E-state index contributed by atoms with van der Waals surface area (Å²) in [5.41, 5.74) is 0. The summed E-state index contributed by atoms with van der Waals surface area (Å²) < 4.78 is 23.6. The van der Waals surface area contributed by atoms with Crippen LogP contribution in [-0.4, -0.2) is 18.9 Å². The Bertz CT molecular complexity index is 846. The van der Waals surface area contributed by atoms with Crippen LogP contribution in [0.25, 0.3) is 10.1 Å². The lowest BCUT2D eigenvalue weighted by Gasteiger charge is -1.94. The largest absolute Gasteiger partial charge is 0.463 e. The maximum atomic E-state index is 13.2. The molecule has 6 heteroatoms. The van der Waals surface area contributed by atoms with Crippen molar-refractivity contribution in [2.75, 3.05) is 7.11 Å². The highest BCUT2D eigenvalue weighted by Gasteiger charge is 2.19. The number of hydrogen-bond donors (Lipinski definition) is 0. The van der Waals surface area contributed by atoms with E-state index in [0.29, 0.717) is 10.3 Å². The first-order valence-corrected chi connectivity index (χ1v) is 6.82. The molecule has 3 aromatic rings. The van der Waals surface area contributed by atoms with Crippen molar-refractivity contribution >= 4 is 33.2 Å². The van der Waals surface area contributed by atoms with E-state index in [1.807, 2.05) is 0 Å². The molecule has 2 heterocycles. The number of hydrogen-bond acceptors (Lipinski definition) is 5. The van der Waals surface area contributed by atoms with Crippen molar-refractivity contribution in [1.29, 1.82) is 0 Å². The van der Waals surface area contributed by atoms with Gasteiger partial charge in [-0.15, -0.1) is 11.3 Å². The molecule has 0 aliphatic carbocycles. The fourth-order valence-electron chi connectivity index (χ4n) is 1.92. The number of thiophene rings is 1. The van der Waals surface area contributed by atoms with Crippen LogP contribution in [0.15, 0.2) is 40.8 Å². The highest BCUT2D eigenvalue weighted by atomic mass is 32.1. The minimum Gasteiger partial charge on any atom is -0.463 e. The molecule has 0 radical (unpaired) electrons. The number of benzene rings is 1. The quantitative estimate of drug-likeness (QED) is 0.547. The summed E-state index contributed by atoms with van der Waals surface area (Å²) in [4.78, 5) is 24.0. The minimum absolute atomic E-state index is 0.0343. The third kappa shape index (κ3) is 2.45. The summed E-state index contributed by atoms with van der Waals surface area (Å²) in [6.45, 7) is 0. The molecule has 3 rings (SSSR count). The first-order chi connectivity index (χ1) is 10.1. The SMILES string of the molecule is COC(=O)c1ccc(C(=O)c2cc3cc(F)ccc3s2)o1. The van der Waals surface area contributed by atoms with E-state index in [1.165, 1.54) is 42.7 Å². The molecule has 0 N–H and O–H groups in total. The van der Waals surface area contributed by atoms with Crippen LogP contribution in [0.5, 0.6) is 0 Å². The van der Waals surface area contributed by atoms with Crippen LogP contribution < -0.4 is 0 Å². The van der Waals surface area contributed by atoms with Crippen LogP contribution in [0.3, 0.4) is 0 Å². The number of carbonyl (C=O) groups is 2. The van der Waals surface area contributed by atoms with Crippen LogP contribution in [-0.2, 0) is 4.74 Å². The monoisotopic (exact) mass is 304 g/mol. The van der Waals surface area contributed by atoms with E-state index < -0.39 is 5.97 Å². The Kier molecular flexibility index (Phi) is 3.31. The summed E-state index contributed by atoms with van der Waals surface area (Å²) in [6, 6.07) is 8.73. The number of ketones is 1. The number of carbonyl (C=O) groups excluding carboxylic acids is 2. The van der Waals surface area contributed by atoms with Crippen molar-refractivity contribution in [1.82, 2.24) is 0 Å². The van der Waals surface area contributed by atoms with Crippen molar-refractivity contribution in [3.05, 3.63) is 58.6 Å². The molecule has 0 atom stereocenters. The van der Waals surface area contributed by atoms with Gasteiger partial charge in [-0.05, 0) is 41.8 Å². The molecule has 0 unspecified atom stereocenters. The first kappa shape index (κ1) is 13.5. The summed E-state index contributed by atoms with van der Waals surface area (Å²) in [7, 11) is 1.23. The molecule has 0 fully saturated rings. The fraction of sp³-hybridized carbons (Fsp3) is 0.0667. The van der Waals surface area contributed by atoms with Gasteiger partial charge in [0.05, 0.1) is 12.0 Å². The van der Waals surface area contributed by atoms with E-state index in [4.69, 9.17) is 4.42 Å². The van der Waals surface area contributed by atoms with Crippen LogP contribution in [0, 0.1) is 5.82 Å². The molecule has 21 heavy (non-hydrogen) atoms. The zero-order chi connectivity index (χ0) is 15.0. The molecule has 0 saturated carbocycles. The Morgan fingerprint density at radius 3 is 2.67 bits per heavy atom. The minimum atomic E-state index is -0.646. The fourth-order valence-corrected chi connectivity index (χ4v) is 2.91. The normalized spacial score (nSPS) is 10.8. The Hall–Kier alpha value is -2.47. The third-order valence-corrected chi connectivity index (χ3v) is 4.03. The number of furan rings is 1. The van der Waals surface area contributed by atoms with Gasteiger partial charge in [0.2, 0.25) is 11.5 Å². The van der Waals surface area contributed by atoms with Gasteiger partial charge in [-0.3, -0.25) is 4.79 Å². The molecule has 0 saturated heterocycles. The maximum Gasteiger partial charge on any atom is 0.373 e. The molecule has 0 spiro atoms.